The summed E-state index contributed by atoms with van der Waals surface area (Å²) in [6.45, 7) is 6.55. The van der Waals surface area contributed by atoms with Gasteiger partial charge in [-0.25, -0.2) is 0 Å². The van der Waals surface area contributed by atoms with Gasteiger partial charge in [-0.05, 0) is 37.1 Å². The summed E-state index contributed by atoms with van der Waals surface area (Å²) in [5.74, 6) is 0.589. The maximum atomic E-state index is 13.3. The Labute approximate surface area is 153 Å². The van der Waals surface area contributed by atoms with Gasteiger partial charge < -0.3 is 9.80 Å². The van der Waals surface area contributed by atoms with Crippen molar-refractivity contribution < 1.29 is 13.2 Å². The van der Waals surface area contributed by atoms with Crippen molar-refractivity contribution in [2.45, 2.75) is 19.0 Å². The van der Waals surface area contributed by atoms with Crippen molar-refractivity contribution in [3.8, 4) is 0 Å². The van der Waals surface area contributed by atoms with E-state index in [0.29, 0.717) is 12.3 Å². The first-order valence-electron chi connectivity index (χ1n) is 8.72. The Hall–Kier alpha value is -2.08. The van der Waals surface area contributed by atoms with Gasteiger partial charge in [-0.15, -0.1) is 0 Å². The van der Waals surface area contributed by atoms with Gasteiger partial charge in [-0.1, -0.05) is 36.9 Å². The number of nitrogens with zero attached hydrogens (tertiary/aromatic N) is 3. The molecule has 0 bridgehead atoms. The molecule has 2 rings (SSSR count). The number of allylic oxidation sites excluding steroid dienone is 2. The molecule has 1 heterocycles. The van der Waals surface area contributed by atoms with Crippen LogP contribution >= 0.6 is 0 Å². The number of aryl methyl sites for hydroxylation is 1. The highest BCUT2D eigenvalue weighted by Crippen LogP contribution is 2.32. The Morgan fingerprint density at radius 3 is 2.31 bits per heavy atom. The lowest BCUT2D eigenvalue weighted by atomic mass is 9.98. The molecule has 26 heavy (non-hydrogen) atoms. The van der Waals surface area contributed by atoms with Gasteiger partial charge in [0.2, 0.25) is 0 Å². The number of piperazine rings is 1. The Balaban J connectivity index is 2.20. The van der Waals surface area contributed by atoms with Crippen LogP contribution in [0.3, 0.4) is 0 Å². The second kappa shape index (κ2) is 9.03. The molecule has 1 aliphatic rings. The fraction of sp³-hybridized carbons (Fsp3) is 0.450. The summed E-state index contributed by atoms with van der Waals surface area (Å²) < 4.78 is 39.8. The Kier molecular flexibility index (Phi) is 7.03. The van der Waals surface area contributed by atoms with Gasteiger partial charge in [-0.2, -0.15) is 13.2 Å². The monoisotopic (exact) mass is 365 g/mol. The SMILES string of the molecule is C=C(/C(=C\C(=N/C)N1CCN(C)CC1)CCc1ccccc1)C(F)(F)F. The number of likely N-dealkylation sites (N-methyl/N-ethyl adjacent to an activating group) is 1. The smallest absolute Gasteiger partial charge is 0.354 e. The van der Waals surface area contributed by atoms with E-state index in [9.17, 15) is 13.2 Å². The third-order valence-corrected chi connectivity index (χ3v) is 4.62. The van der Waals surface area contributed by atoms with Crippen LogP contribution in [0, 0.1) is 0 Å². The van der Waals surface area contributed by atoms with E-state index < -0.39 is 11.7 Å². The van der Waals surface area contributed by atoms with Crippen LogP contribution in [0.4, 0.5) is 13.2 Å². The molecule has 1 aromatic rings. The summed E-state index contributed by atoms with van der Waals surface area (Å²) in [6, 6.07) is 9.51. The lowest BCUT2D eigenvalue weighted by Gasteiger charge is -2.34. The summed E-state index contributed by atoms with van der Waals surface area (Å²) in [5.41, 5.74) is 0.410. The number of halogens is 3. The molecule has 0 aliphatic carbocycles. The quantitative estimate of drug-likeness (QED) is 0.447. The fourth-order valence-corrected chi connectivity index (χ4v) is 2.90. The molecule has 0 radical (unpaired) electrons. The van der Waals surface area contributed by atoms with Crippen LogP contribution in [0.1, 0.15) is 12.0 Å². The topological polar surface area (TPSA) is 18.8 Å². The van der Waals surface area contributed by atoms with E-state index in [1.54, 1.807) is 13.1 Å². The predicted octanol–water partition coefficient (Wildman–Crippen LogP) is 3.94. The minimum absolute atomic E-state index is 0.195. The third kappa shape index (κ3) is 5.73. The second-order valence-corrected chi connectivity index (χ2v) is 6.50. The number of benzene rings is 1. The first-order valence-corrected chi connectivity index (χ1v) is 8.72. The number of amidine groups is 1. The molecule has 142 valence electrons. The van der Waals surface area contributed by atoms with Crippen molar-refractivity contribution in [1.29, 1.82) is 0 Å². The molecule has 1 aromatic carbocycles. The van der Waals surface area contributed by atoms with Crippen molar-refractivity contribution in [2.24, 2.45) is 4.99 Å². The van der Waals surface area contributed by atoms with Gasteiger partial charge in [0.05, 0.1) is 5.57 Å². The molecular formula is C20H26F3N3. The van der Waals surface area contributed by atoms with E-state index in [0.717, 1.165) is 31.7 Å². The number of hydrogen-bond donors (Lipinski definition) is 0. The largest absolute Gasteiger partial charge is 0.416 e. The van der Waals surface area contributed by atoms with Crippen molar-refractivity contribution in [2.75, 3.05) is 40.3 Å². The average molecular weight is 365 g/mol. The van der Waals surface area contributed by atoms with Crippen LogP contribution in [0.5, 0.6) is 0 Å². The van der Waals surface area contributed by atoms with E-state index in [2.05, 4.69) is 16.5 Å². The minimum Gasteiger partial charge on any atom is -0.354 e. The molecule has 1 fully saturated rings. The lowest BCUT2D eigenvalue weighted by Crippen LogP contribution is -2.46. The number of alkyl halides is 3. The highest BCUT2D eigenvalue weighted by atomic mass is 19.4. The molecule has 6 heteroatoms. The number of aliphatic imine (C=N–C) groups is 1. The molecule has 1 aliphatic heterocycles. The average Bonchev–Trinajstić information content (AvgIpc) is 2.62. The summed E-state index contributed by atoms with van der Waals surface area (Å²) in [7, 11) is 3.65. The van der Waals surface area contributed by atoms with E-state index in [4.69, 9.17) is 0 Å². The molecule has 0 aromatic heterocycles. The highest BCUT2D eigenvalue weighted by Gasteiger charge is 2.34. The number of rotatable bonds is 5. The molecule has 3 nitrogen and oxygen atoms in total. The molecule has 0 N–H and O–H groups in total. The van der Waals surface area contributed by atoms with Crippen molar-refractivity contribution in [1.82, 2.24) is 9.80 Å². The van der Waals surface area contributed by atoms with Crippen LogP contribution in [0.25, 0.3) is 0 Å². The van der Waals surface area contributed by atoms with Crippen LogP contribution in [0.2, 0.25) is 0 Å². The molecule has 0 atom stereocenters. The van der Waals surface area contributed by atoms with Gasteiger partial charge in [0.15, 0.2) is 0 Å². The van der Waals surface area contributed by atoms with Gasteiger partial charge in [0, 0.05) is 33.2 Å². The molecule has 0 spiro atoms. The van der Waals surface area contributed by atoms with E-state index >= 15 is 0 Å². The van der Waals surface area contributed by atoms with Crippen molar-refractivity contribution >= 4 is 5.84 Å². The van der Waals surface area contributed by atoms with Gasteiger partial charge in [0.25, 0.3) is 0 Å². The Morgan fingerprint density at radius 1 is 1.15 bits per heavy atom. The molecular weight excluding hydrogens is 339 g/mol. The number of hydrogen-bond acceptors (Lipinski definition) is 2. The summed E-state index contributed by atoms with van der Waals surface area (Å²) in [6.07, 6.45) is -2.08. The zero-order valence-electron chi connectivity index (χ0n) is 15.4. The molecule has 0 unspecified atom stereocenters. The Bertz CT molecular complexity index is 655. The van der Waals surface area contributed by atoms with Crippen LogP contribution in [0.15, 0.2) is 59.1 Å². The van der Waals surface area contributed by atoms with Crippen molar-refractivity contribution in [3.63, 3.8) is 0 Å². The van der Waals surface area contributed by atoms with E-state index in [-0.39, 0.29) is 12.0 Å². The van der Waals surface area contributed by atoms with Crippen LogP contribution in [-0.2, 0) is 6.42 Å². The normalized spacial score (nSPS) is 17.5. The first kappa shape index (κ1) is 20.2. The van der Waals surface area contributed by atoms with Crippen LogP contribution in [-0.4, -0.2) is 62.1 Å². The maximum absolute atomic E-state index is 13.3. The predicted molar refractivity (Wildman–Crippen MR) is 100 cm³/mol. The van der Waals surface area contributed by atoms with E-state index in [1.165, 1.54) is 0 Å². The fourth-order valence-electron chi connectivity index (χ4n) is 2.90. The Morgan fingerprint density at radius 2 is 1.77 bits per heavy atom. The summed E-state index contributed by atoms with van der Waals surface area (Å²) in [4.78, 5) is 8.46. The van der Waals surface area contributed by atoms with E-state index in [1.807, 2.05) is 42.3 Å². The zero-order chi connectivity index (χ0) is 19.2. The maximum Gasteiger partial charge on any atom is 0.416 e. The standard InChI is InChI=1S/C20H26F3N3/c1-16(20(21,22)23)18(10-9-17-7-5-4-6-8-17)15-19(24-2)26-13-11-25(3)12-14-26/h4-8,15H,1,9-14H2,2-3H3/b18-15-,24-19+. The first-order chi connectivity index (χ1) is 12.3. The summed E-state index contributed by atoms with van der Waals surface area (Å²) in [5, 5.41) is 0. The van der Waals surface area contributed by atoms with Gasteiger partial charge in [0.1, 0.15) is 5.84 Å². The zero-order valence-corrected chi connectivity index (χ0v) is 15.4. The molecule has 1 saturated heterocycles. The highest BCUT2D eigenvalue weighted by molar-refractivity contribution is 5.94. The second-order valence-electron chi connectivity index (χ2n) is 6.50. The van der Waals surface area contributed by atoms with Crippen LogP contribution < -0.4 is 0 Å². The van der Waals surface area contributed by atoms with Gasteiger partial charge in [-0.3, -0.25) is 4.99 Å². The molecule has 0 amide bonds. The van der Waals surface area contributed by atoms with Crippen molar-refractivity contribution in [3.05, 3.63) is 59.7 Å². The van der Waals surface area contributed by atoms with Gasteiger partial charge >= 0.3 is 6.18 Å². The lowest BCUT2D eigenvalue weighted by molar-refractivity contribution is -0.0891. The third-order valence-electron chi connectivity index (χ3n) is 4.62. The molecule has 0 saturated carbocycles. The summed E-state index contributed by atoms with van der Waals surface area (Å²) >= 11 is 0. The minimum atomic E-state index is -4.44.